The summed E-state index contributed by atoms with van der Waals surface area (Å²) in [5.41, 5.74) is -0.207. The van der Waals surface area contributed by atoms with Gasteiger partial charge in [0.2, 0.25) is 0 Å². The Labute approximate surface area is 102 Å². The molecule has 0 saturated heterocycles. The van der Waals surface area contributed by atoms with Gasteiger partial charge in [0.25, 0.3) is 5.91 Å². The van der Waals surface area contributed by atoms with Crippen LogP contribution in [0.5, 0.6) is 0 Å². The Hall–Kier alpha value is -0.390. The van der Waals surface area contributed by atoms with Gasteiger partial charge in [-0.1, -0.05) is 6.92 Å². The van der Waals surface area contributed by atoms with E-state index in [0.717, 1.165) is 3.79 Å². The van der Waals surface area contributed by atoms with Gasteiger partial charge < -0.3 is 10.4 Å². The number of carbonyl (C=O) groups excluding carboxylic acids is 1. The zero-order chi connectivity index (χ0) is 11.5. The monoisotopic (exact) mass is 291 g/mol. The fraction of sp³-hybridized carbons (Fsp3) is 0.500. The summed E-state index contributed by atoms with van der Waals surface area (Å²) in [6, 6.07) is 1.76. The molecule has 1 unspecified atom stereocenters. The molecule has 0 aliphatic carbocycles. The summed E-state index contributed by atoms with van der Waals surface area (Å²) in [7, 11) is 0. The van der Waals surface area contributed by atoms with Crippen LogP contribution in [0.2, 0.25) is 0 Å². The average molecular weight is 292 g/mol. The molecule has 0 spiro atoms. The second kappa shape index (κ2) is 5.09. The van der Waals surface area contributed by atoms with E-state index < -0.39 is 5.60 Å². The SMILES string of the molecule is CCC(C)(O)CNC(=O)c1csc(Br)c1. The summed E-state index contributed by atoms with van der Waals surface area (Å²) in [4.78, 5) is 11.6. The van der Waals surface area contributed by atoms with Gasteiger partial charge in [0.15, 0.2) is 0 Å². The van der Waals surface area contributed by atoms with Gasteiger partial charge in [-0.05, 0) is 35.3 Å². The van der Waals surface area contributed by atoms with Crippen molar-refractivity contribution in [1.82, 2.24) is 5.32 Å². The fourth-order valence-corrected chi connectivity index (χ4v) is 2.06. The molecule has 0 radical (unpaired) electrons. The van der Waals surface area contributed by atoms with Crippen LogP contribution in [0, 0.1) is 0 Å². The Bertz CT molecular complexity index is 349. The number of hydrogen-bond donors (Lipinski definition) is 2. The third-order valence-electron chi connectivity index (χ3n) is 2.22. The molecule has 3 nitrogen and oxygen atoms in total. The topological polar surface area (TPSA) is 49.3 Å². The van der Waals surface area contributed by atoms with Gasteiger partial charge in [-0.25, -0.2) is 0 Å². The molecule has 84 valence electrons. The van der Waals surface area contributed by atoms with E-state index in [0.29, 0.717) is 12.0 Å². The quantitative estimate of drug-likeness (QED) is 0.895. The summed E-state index contributed by atoms with van der Waals surface area (Å²) in [6.07, 6.45) is 0.612. The Kier molecular flexibility index (Phi) is 4.31. The van der Waals surface area contributed by atoms with Gasteiger partial charge in [-0.3, -0.25) is 4.79 Å². The Morgan fingerprint density at radius 3 is 2.87 bits per heavy atom. The van der Waals surface area contributed by atoms with Crippen molar-refractivity contribution in [2.24, 2.45) is 0 Å². The Morgan fingerprint density at radius 2 is 2.40 bits per heavy atom. The highest BCUT2D eigenvalue weighted by molar-refractivity contribution is 9.11. The molecule has 1 rings (SSSR count). The van der Waals surface area contributed by atoms with Crippen LogP contribution in [-0.2, 0) is 0 Å². The van der Waals surface area contributed by atoms with Crippen molar-refractivity contribution >= 4 is 33.2 Å². The number of thiophene rings is 1. The van der Waals surface area contributed by atoms with Gasteiger partial charge >= 0.3 is 0 Å². The van der Waals surface area contributed by atoms with Crippen molar-refractivity contribution < 1.29 is 9.90 Å². The minimum Gasteiger partial charge on any atom is -0.388 e. The average Bonchev–Trinajstić information content (AvgIpc) is 2.61. The zero-order valence-corrected chi connectivity index (χ0v) is 11.1. The number of amides is 1. The fourth-order valence-electron chi connectivity index (χ4n) is 0.927. The normalized spacial score (nSPS) is 14.7. The maximum atomic E-state index is 11.6. The van der Waals surface area contributed by atoms with Gasteiger partial charge in [-0.15, -0.1) is 11.3 Å². The van der Waals surface area contributed by atoms with Gasteiger partial charge in [-0.2, -0.15) is 0 Å². The smallest absolute Gasteiger partial charge is 0.252 e. The second-order valence-corrected chi connectivity index (χ2v) is 5.96. The molecule has 0 aromatic carbocycles. The number of aliphatic hydroxyl groups is 1. The molecular formula is C10H14BrNO2S. The molecule has 1 atom stereocenters. The summed E-state index contributed by atoms with van der Waals surface area (Å²) in [6.45, 7) is 3.86. The van der Waals surface area contributed by atoms with Crippen LogP contribution in [0.15, 0.2) is 15.2 Å². The maximum absolute atomic E-state index is 11.6. The zero-order valence-electron chi connectivity index (χ0n) is 8.71. The first-order valence-electron chi connectivity index (χ1n) is 4.69. The highest BCUT2D eigenvalue weighted by Gasteiger charge is 2.19. The van der Waals surface area contributed by atoms with E-state index in [4.69, 9.17) is 0 Å². The number of rotatable bonds is 4. The van der Waals surface area contributed by atoms with E-state index >= 15 is 0 Å². The lowest BCUT2D eigenvalue weighted by atomic mass is 10.0. The predicted molar refractivity (Wildman–Crippen MR) is 65.3 cm³/mol. The Morgan fingerprint density at radius 1 is 1.73 bits per heavy atom. The molecule has 1 heterocycles. The van der Waals surface area contributed by atoms with Crippen molar-refractivity contribution in [3.8, 4) is 0 Å². The van der Waals surface area contributed by atoms with E-state index in [1.807, 2.05) is 6.92 Å². The lowest BCUT2D eigenvalue weighted by molar-refractivity contribution is 0.0518. The highest BCUT2D eigenvalue weighted by atomic mass is 79.9. The Balaban J connectivity index is 2.50. The molecule has 2 N–H and O–H groups in total. The molecule has 1 aromatic rings. The largest absolute Gasteiger partial charge is 0.388 e. The van der Waals surface area contributed by atoms with Crippen molar-refractivity contribution in [2.75, 3.05) is 6.54 Å². The van der Waals surface area contributed by atoms with Crippen LogP contribution >= 0.6 is 27.3 Å². The van der Waals surface area contributed by atoms with Crippen LogP contribution < -0.4 is 5.32 Å². The first-order valence-corrected chi connectivity index (χ1v) is 6.36. The first kappa shape index (κ1) is 12.7. The van der Waals surface area contributed by atoms with Crippen molar-refractivity contribution in [2.45, 2.75) is 25.9 Å². The summed E-state index contributed by atoms with van der Waals surface area (Å²) in [5, 5.41) is 14.2. The number of halogens is 1. The maximum Gasteiger partial charge on any atom is 0.252 e. The van der Waals surface area contributed by atoms with E-state index in [1.54, 1.807) is 18.4 Å². The van der Waals surface area contributed by atoms with Crippen LogP contribution in [0.25, 0.3) is 0 Å². The van der Waals surface area contributed by atoms with Crippen LogP contribution in [0.4, 0.5) is 0 Å². The summed E-state index contributed by atoms with van der Waals surface area (Å²) < 4.78 is 0.926. The molecule has 1 amide bonds. The molecule has 5 heteroatoms. The van der Waals surface area contributed by atoms with Crippen LogP contribution in [0.3, 0.4) is 0 Å². The molecule has 0 aliphatic rings. The van der Waals surface area contributed by atoms with Crippen molar-refractivity contribution in [3.05, 3.63) is 20.8 Å². The van der Waals surface area contributed by atoms with Crippen LogP contribution in [0.1, 0.15) is 30.6 Å². The molecule has 15 heavy (non-hydrogen) atoms. The lowest BCUT2D eigenvalue weighted by Crippen LogP contribution is -2.39. The van der Waals surface area contributed by atoms with E-state index in [2.05, 4.69) is 21.2 Å². The molecule has 0 bridgehead atoms. The predicted octanol–water partition coefficient (Wildman–Crippen LogP) is 2.40. The molecule has 1 aromatic heterocycles. The van der Waals surface area contributed by atoms with E-state index in [1.165, 1.54) is 11.3 Å². The third kappa shape index (κ3) is 3.93. The van der Waals surface area contributed by atoms with Gasteiger partial charge in [0, 0.05) is 11.9 Å². The van der Waals surface area contributed by atoms with Crippen molar-refractivity contribution in [3.63, 3.8) is 0 Å². The minimum atomic E-state index is -0.830. The molecule has 0 fully saturated rings. The summed E-state index contributed by atoms with van der Waals surface area (Å²) in [5.74, 6) is -0.148. The van der Waals surface area contributed by atoms with E-state index in [9.17, 15) is 9.90 Å². The second-order valence-electron chi connectivity index (χ2n) is 3.67. The van der Waals surface area contributed by atoms with E-state index in [-0.39, 0.29) is 12.5 Å². The molecular weight excluding hydrogens is 278 g/mol. The number of hydrogen-bond acceptors (Lipinski definition) is 3. The van der Waals surface area contributed by atoms with Crippen molar-refractivity contribution in [1.29, 1.82) is 0 Å². The molecule has 0 saturated carbocycles. The summed E-state index contributed by atoms with van der Waals surface area (Å²) >= 11 is 4.76. The van der Waals surface area contributed by atoms with Gasteiger partial charge in [0.1, 0.15) is 0 Å². The number of carbonyl (C=O) groups is 1. The first-order chi connectivity index (χ1) is 6.94. The minimum absolute atomic E-state index is 0.148. The molecule has 0 aliphatic heterocycles. The highest BCUT2D eigenvalue weighted by Crippen LogP contribution is 2.20. The number of nitrogens with one attached hydrogen (secondary N) is 1. The lowest BCUT2D eigenvalue weighted by Gasteiger charge is -2.21. The van der Waals surface area contributed by atoms with Gasteiger partial charge in [0.05, 0.1) is 15.0 Å². The standard InChI is InChI=1S/C10H14BrNO2S/c1-3-10(2,14)6-12-9(13)7-4-8(11)15-5-7/h4-5,14H,3,6H2,1-2H3,(H,12,13). The van der Waals surface area contributed by atoms with Crippen LogP contribution in [-0.4, -0.2) is 23.2 Å². The third-order valence-corrected chi connectivity index (χ3v) is 3.73.